The molecule has 1 aliphatic carbocycles. The van der Waals surface area contributed by atoms with Gasteiger partial charge in [-0.25, -0.2) is 0 Å². The number of carbonyl (C=O) groups excluding carboxylic acids is 1. The Balaban J connectivity index is 1.77. The van der Waals surface area contributed by atoms with Crippen LogP contribution < -0.4 is 0 Å². The molecule has 1 saturated heterocycles. The zero-order chi connectivity index (χ0) is 13.2. The van der Waals surface area contributed by atoms with E-state index in [4.69, 9.17) is 5.11 Å². The lowest BCUT2D eigenvalue weighted by atomic mass is 9.89. The standard InChI is InChI=1S/C14H26N2O2/c1-14(2)4-3-12(13(14)18)11-16-7-5-15(6-8-16)9-10-17/h12,17H,3-11H2,1-2H3. The first kappa shape index (κ1) is 14.0. The Morgan fingerprint density at radius 1 is 1.22 bits per heavy atom. The van der Waals surface area contributed by atoms with Crippen molar-refractivity contribution in [2.24, 2.45) is 11.3 Å². The fourth-order valence-corrected chi connectivity index (χ4v) is 3.16. The Morgan fingerprint density at radius 2 is 1.83 bits per heavy atom. The summed E-state index contributed by atoms with van der Waals surface area (Å²) in [5, 5.41) is 8.91. The van der Waals surface area contributed by atoms with Crippen molar-refractivity contribution >= 4 is 5.78 Å². The molecule has 18 heavy (non-hydrogen) atoms. The number of ketones is 1. The molecule has 2 rings (SSSR count). The van der Waals surface area contributed by atoms with Gasteiger partial charge in [-0.3, -0.25) is 9.69 Å². The number of piperazine rings is 1. The number of rotatable bonds is 4. The maximum Gasteiger partial charge on any atom is 0.142 e. The molecule has 0 amide bonds. The average Bonchev–Trinajstić information content (AvgIpc) is 2.59. The van der Waals surface area contributed by atoms with E-state index in [1.807, 2.05) is 0 Å². The number of hydrogen-bond donors (Lipinski definition) is 1. The third-order valence-corrected chi connectivity index (χ3v) is 4.52. The van der Waals surface area contributed by atoms with Crippen LogP contribution in [0.2, 0.25) is 0 Å². The molecule has 1 saturated carbocycles. The lowest BCUT2D eigenvalue weighted by molar-refractivity contribution is -0.128. The van der Waals surface area contributed by atoms with E-state index in [0.29, 0.717) is 5.78 Å². The van der Waals surface area contributed by atoms with Gasteiger partial charge in [0.15, 0.2) is 0 Å². The first-order valence-corrected chi connectivity index (χ1v) is 7.13. The molecule has 1 heterocycles. The monoisotopic (exact) mass is 254 g/mol. The molecule has 0 aromatic rings. The normalized spacial score (nSPS) is 29.9. The molecule has 4 nitrogen and oxygen atoms in total. The second-order valence-corrected chi connectivity index (χ2v) is 6.35. The number of aliphatic hydroxyl groups excluding tert-OH is 1. The topological polar surface area (TPSA) is 43.8 Å². The second-order valence-electron chi connectivity index (χ2n) is 6.35. The van der Waals surface area contributed by atoms with E-state index in [-0.39, 0.29) is 17.9 Å². The molecule has 4 heteroatoms. The smallest absolute Gasteiger partial charge is 0.142 e. The van der Waals surface area contributed by atoms with Gasteiger partial charge in [0.25, 0.3) is 0 Å². The van der Waals surface area contributed by atoms with Crippen LogP contribution >= 0.6 is 0 Å². The van der Waals surface area contributed by atoms with Crippen LogP contribution in [0.25, 0.3) is 0 Å². The molecular weight excluding hydrogens is 228 g/mol. The predicted molar refractivity (Wildman–Crippen MR) is 71.5 cm³/mol. The van der Waals surface area contributed by atoms with Crippen molar-refractivity contribution in [2.75, 3.05) is 45.9 Å². The molecule has 0 spiro atoms. The minimum atomic E-state index is -0.0939. The number of hydrogen-bond acceptors (Lipinski definition) is 4. The van der Waals surface area contributed by atoms with Crippen molar-refractivity contribution in [2.45, 2.75) is 26.7 Å². The van der Waals surface area contributed by atoms with Crippen molar-refractivity contribution in [3.63, 3.8) is 0 Å². The van der Waals surface area contributed by atoms with Crippen LogP contribution in [-0.2, 0) is 4.79 Å². The van der Waals surface area contributed by atoms with Crippen LogP contribution in [0.3, 0.4) is 0 Å². The van der Waals surface area contributed by atoms with Gasteiger partial charge in [-0.15, -0.1) is 0 Å². The summed E-state index contributed by atoms with van der Waals surface area (Å²) >= 11 is 0. The molecule has 0 aromatic heterocycles. The van der Waals surface area contributed by atoms with Gasteiger partial charge in [0.1, 0.15) is 5.78 Å². The Kier molecular flexibility index (Phi) is 4.41. The first-order valence-electron chi connectivity index (χ1n) is 7.13. The molecule has 2 aliphatic rings. The van der Waals surface area contributed by atoms with E-state index in [1.165, 1.54) is 0 Å². The van der Waals surface area contributed by atoms with E-state index in [9.17, 15) is 4.79 Å². The Morgan fingerprint density at radius 3 is 2.33 bits per heavy atom. The van der Waals surface area contributed by atoms with Crippen LogP contribution in [0.15, 0.2) is 0 Å². The van der Waals surface area contributed by atoms with Gasteiger partial charge in [0, 0.05) is 50.6 Å². The molecule has 0 radical (unpaired) electrons. The van der Waals surface area contributed by atoms with E-state index in [2.05, 4.69) is 23.6 Å². The Hall–Kier alpha value is -0.450. The molecule has 1 aliphatic heterocycles. The minimum absolute atomic E-state index is 0.0939. The van der Waals surface area contributed by atoms with Gasteiger partial charge in [0.05, 0.1) is 6.61 Å². The highest BCUT2D eigenvalue weighted by Gasteiger charge is 2.40. The third kappa shape index (κ3) is 3.11. The third-order valence-electron chi connectivity index (χ3n) is 4.52. The van der Waals surface area contributed by atoms with E-state index in [0.717, 1.165) is 52.1 Å². The maximum absolute atomic E-state index is 12.2. The van der Waals surface area contributed by atoms with Crippen LogP contribution in [0.1, 0.15) is 26.7 Å². The van der Waals surface area contributed by atoms with E-state index < -0.39 is 0 Å². The molecule has 1 N–H and O–H groups in total. The van der Waals surface area contributed by atoms with Gasteiger partial charge in [-0.2, -0.15) is 0 Å². The summed E-state index contributed by atoms with van der Waals surface area (Å²) in [7, 11) is 0. The predicted octanol–water partition coefficient (Wildman–Crippen LogP) is 0.602. The summed E-state index contributed by atoms with van der Waals surface area (Å²) in [6.45, 7) is 10.2. The van der Waals surface area contributed by atoms with Crippen LogP contribution in [0, 0.1) is 11.3 Å². The average molecular weight is 254 g/mol. The first-order chi connectivity index (χ1) is 8.53. The molecule has 1 unspecified atom stereocenters. The molecule has 104 valence electrons. The molecule has 1 atom stereocenters. The summed E-state index contributed by atoms with van der Waals surface area (Å²) in [6.07, 6.45) is 2.10. The maximum atomic E-state index is 12.2. The molecule has 0 bridgehead atoms. The van der Waals surface area contributed by atoms with Crippen molar-refractivity contribution < 1.29 is 9.90 Å². The Labute approximate surface area is 110 Å². The Bertz CT molecular complexity index is 296. The van der Waals surface area contributed by atoms with Crippen LogP contribution in [0.5, 0.6) is 0 Å². The summed E-state index contributed by atoms with van der Waals surface area (Å²) < 4.78 is 0. The largest absolute Gasteiger partial charge is 0.395 e. The van der Waals surface area contributed by atoms with Gasteiger partial charge >= 0.3 is 0 Å². The number of carbonyl (C=O) groups is 1. The van der Waals surface area contributed by atoms with Gasteiger partial charge < -0.3 is 10.0 Å². The highest BCUT2D eigenvalue weighted by Crippen LogP contribution is 2.37. The van der Waals surface area contributed by atoms with E-state index >= 15 is 0 Å². The van der Waals surface area contributed by atoms with Crippen molar-refractivity contribution in [1.29, 1.82) is 0 Å². The number of nitrogens with zero attached hydrogens (tertiary/aromatic N) is 2. The highest BCUT2D eigenvalue weighted by molar-refractivity contribution is 5.88. The van der Waals surface area contributed by atoms with Crippen LogP contribution in [-0.4, -0.2) is 66.6 Å². The molecule has 0 aromatic carbocycles. The summed E-state index contributed by atoms with van der Waals surface area (Å²) in [6, 6.07) is 0. The zero-order valence-corrected chi connectivity index (χ0v) is 11.7. The summed E-state index contributed by atoms with van der Waals surface area (Å²) in [5.41, 5.74) is -0.0939. The van der Waals surface area contributed by atoms with Gasteiger partial charge in [-0.05, 0) is 12.8 Å². The van der Waals surface area contributed by atoms with Crippen molar-refractivity contribution in [1.82, 2.24) is 9.80 Å². The lowest BCUT2D eigenvalue weighted by Crippen LogP contribution is -2.48. The minimum Gasteiger partial charge on any atom is -0.395 e. The quantitative estimate of drug-likeness (QED) is 0.798. The fourth-order valence-electron chi connectivity index (χ4n) is 3.16. The zero-order valence-electron chi connectivity index (χ0n) is 11.7. The van der Waals surface area contributed by atoms with Crippen LogP contribution in [0.4, 0.5) is 0 Å². The SMILES string of the molecule is CC1(C)CCC(CN2CCN(CCO)CC2)C1=O. The molecule has 2 fully saturated rings. The highest BCUT2D eigenvalue weighted by atomic mass is 16.3. The number of β-amino-alcohol motifs (C(OH)–C–C–N with tert-alkyl or cyclic N) is 1. The van der Waals surface area contributed by atoms with Crippen molar-refractivity contribution in [3.05, 3.63) is 0 Å². The summed E-state index contributed by atoms with van der Waals surface area (Å²) in [4.78, 5) is 16.9. The van der Waals surface area contributed by atoms with E-state index in [1.54, 1.807) is 0 Å². The van der Waals surface area contributed by atoms with Gasteiger partial charge in [-0.1, -0.05) is 13.8 Å². The van der Waals surface area contributed by atoms with Crippen molar-refractivity contribution in [3.8, 4) is 0 Å². The summed E-state index contributed by atoms with van der Waals surface area (Å²) in [5.74, 6) is 0.713. The number of aliphatic hydroxyl groups is 1. The fraction of sp³-hybridized carbons (Fsp3) is 0.929. The lowest BCUT2D eigenvalue weighted by Gasteiger charge is -2.35. The molecular formula is C14H26N2O2. The van der Waals surface area contributed by atoms with Gasteiger partial charge in [0.2, 0.25) is 0 Å². The number of Topliss-reactive ketones (excluding diaryl/α,β-unsaturated/α-hetero) is 1. The second kappa shape index (κ2) is 5.68.